The van der Waals surface area contributed by atoms with Crippen LogP contribution in [0.5, 0.6) is 0 Å². The van der Waals surface area contributed by atoms with Crippen molar-refractivity contribution in [2.45, 2.75) is 20.8 Å². The number of carbonyl (C=O) groups is 2. The van der Waals surface area contributed by atoms with Crippen LogP contribution in [0.2, 0.25) is 5.15 Å². The van der Waals surface area contributed by atoms with E-state index < -0.39 is 5.97 Å². The number of rotatable bonds is 4. The molecule has 134 valence electrons. The van der Waals surface area contributed by atoms with E-state index in [2.05, 4.69) is 15.3 Å². The van der Waals surface area contributed by atoms with Crippen molar-refractivity contribution in [2.24, 2.45) is 0 Å². The van der Waals surface area contributed by atoms with Gasteiger partial charge in [-0.2, -0.15) is 0 Å². The van der Waals surface area contributed by atoms with Gasteiger partial charge in [0.05, 0.1) is 17.9 Å². The molecule has 0 saturated carbocycles. The number of nitrogens with one attached hydrogen (secondary N) is 1. The van der Waals surface area contributed by atoms with Crippen molar-refractivity contribution in [3.8, 4) is 0 Å². The molecule has 6 nitrogen and oxygen atoms in total. The summed E-state index contributed by atoms with van der Waals surface area (Å²) in [5.41, 5.74) is 2.50. The maximum Gasteiger partial charge on any atom is 0.350 e. The summed E-state index contributed by atoms with van der Waals surface area (Å²) in [6.45, 7) is 5.77. The second-order valence-corrected chi connectivity index (χ2v) is 7.00. The number of ether oxygens (including phenoxy) is 1. The molecule has 3 heterocycles. The molecule has 0 bridgehead atoms. The lowest BCUT2D eigenvalue weighted by atomic mass is 10.1. The van der Waals surface area contributed by atoms with Gasteiger partial charge in [-0.25, -0.2) is 14.8 Å². The van der Waals surface area contributed by atoms with E-state index in [4.69, 9.17) is 16.3 Å². The molecule has 1 N–H and O–H groups in total. The average Bonchev–Trinajstić information content (AvgIpc) is 2.94. The van der Waals surface area contributed by atoms with Crippen molar-refractivity contribution in [3.05, 3.63) is 51.2 Å². The number of fused-ring (bicyclic) bond motifs is 1. The highest BCUT2D eigenvalue weighted by Gasteiger charge is 2.24. The number of esters is 1. The monoisotopic (exact) mass is 389 g/mol. The Hall–Kier alpha value is -2.51. The van der Waals surface area contributed by atoms with E-state index in [9.17, 15) is 9.59 Å². The smallest absolute Gasteiger partial charge is 0.350 e. The third kappa shape index (κ3) is 3.54. The predicted octanol–water partition coefficient (Wildman–Crippen LogP) is 4.39. The zero-order valence-electron chi connectivity index (χ0n) is 14.4. The molecular weight excluding hydrogens is 374 g/mol. The highest BCUT2D eigenvalue weighted by molar-refractivity contribution is 7.21. The number of hydrogen-bond acceptors (Lipinski definition) is 6. The molecule has 26 heavy (non-hydrogen) atoms. The molecule has 0 saturated heterocycles. The molecule has 1 amide bonds. The first-order valence-corrected chi connectivity index (χ1v) is 9.11. The van der Waals surface area contributed by atoms with Crippen LogP contribution in [0.1, 0.15) is 38.2 Å². The van der Waals surface area contributed by atoms with E-state index in [1.165, 1.54) is 23.6 Å². The van der Waals surface area contributed by atoms with Crippen LogP contribution in [0.4, 0.5) is 5.69 Å². The van der Waals surface area contributed by atoms with Crippen molar-refractivity contribution in [3.63, 3.8) is 0 Å². The van der Waals surface area contributed by atoms with Gasteiger partial charge < -0.3 is 10.1 Å². The quantitative estimate of drug-likeness (QED) is 0.528. The van der Waals surface area contributed by atoms with Crippen molar-refractivity contribution in [2.75, 3.05) is 11.9 Å². The lowest BCUT2D eigenvalue weighted by molar-refractivity contribution is 0.0533. The third-order valence-electron chi connectivity index (χ3n) is 3.68. The Morgan fingerprint density at radius 2 is 2.08 bits per heavy atom. The summed E-state index contributed by atoms with van der Waals surface area (Å²) in [7, 11) is 0. The maximum atomic E-state index is 12.6. The zero-order valence-corrected chi connectivity index (χ0v) is 16.0. The molecule has 0 aliphatic heterocycles. The summed E-state index contributed by atoms with van der Waals surface area (Å²) in [4.78, 5) is 34.4. The van der Waals surface area contributed by atoms with Crippen molar-refractivity contribution >= 4 is 50.7 Å². The van der Waals surface area contributed by atoms with Crippen LogP contribution >= 0.6 is 22.9 Å². The van der Waals surface area contributed by atoms with Gasteiger partial charge in [0.1, 0.15) is 14.9 Å². The van der Waals surface area contributed by atoms with Gasteiger partial charge in [0.15, 0.2) is 0 Å². The molecule has 0 radical (unpaired) electrons. The minimum Gasteiger partial charge on any atom is -0.462 e. The van der Waals surface area contributed by atoms with Crippen LogP contribution in [0.25, 0.3) is 10.2 Å². The first kappa shape index (κ1) is 18.3. The summed E-state index contributed by atoms with van der Waals surface area (Å²) in [6, 6.07) is 5.01. The molecule has 0 aliphatic carbocycles. The summed E-state index contributed by atoms with van der Waals surface area (Å²) >= 11 is 6.97. The minimum atomic E-state index is -0.489. The number of thiophene rings is 1. The number of carbonyl (C=O) groups excluding carboxylic acids is 2. The Balaban J connectivity index is 2.09. The number of halogens is 1. The standard InChI is InChI=1S/C18H16ClN3O3S/c1-4-25-18(24)15-14(13-9(2)7-10(3)21-17(13)26-15)22-16(23)11-5-6-12(19)20-8-11/h5-8H,4H2,1-3H3,(H,22,23). The van der Waals surface area contributed by atoms with Crippen LogP contribution in [-0.4, -0.2) is 28.5 Å². The summed E-state index contributed by atoms with van der Waals surface area (Å²) in [5, 5.41) is 3.85. The number of pyridine rings is 2. The van der Waals surface area contributed by atoms with E-state index in [0.29, 0.717) is 26.1 Å². The van der Waals surface area contributed by atoms with E-state index in [-0.39, 0.29) is 12.5 Å². The topological polar surface area (TPSA) is 81.2 Å². The fourth-order valence-corrected chi connectivity index (χ4v) is 3.85. The molecule has 3 aromatic rings. The summed E-state index contributed by atoms with van der Waals surface area (Å²) in [6.07, 6.45) is 1.38. The Kier molecular flexibility index (Phi) is 5.20. The zero-order chi connectivity index (χ0) is 18.8. The molecule has 0 atom stereocenters. The molecular formula is C18H16ClN3O3S. The van der Waals surface area contributed by atoms with Crippen LogP contribution < -0.4 is 5.32 Å². The van der Waals surface area contributed by atoms with Gasteiger partial charge in [-0.1, -0.05) is 11.6 Å². The molecule has 0 fully saturated rings. The van der Waals surface area contributed by atoms with Crippen molar-refractivity contribution in [1.29, 1.82) is 0 Å². The highest BCUT2D eigenvalue weighted by Crippen LogP contribution is 2.38. The van der Waals surface area contributed by atoms with Gasteiger partial charge in [-0.15, -0.1) is 11.3 Å². The van der Waals surface area contributed by atoms with E-state index in [1.54, 1.807) is 13.0 Å². The number of anilines is 1. The van der Waals surface area contributed by atoms with E-state index in [0.717, 1.165) is 16.6 Å². The van der Waals surface area contributed by atoms with Gasteiger partial charge >= 0.3 is 5.97 Å². The number of amides is 1. The SMILES string of the molecule is CCOC(=O)c1sc2nc(C)cc(C)c2c1NC(=O)c1ccc(Cl)nc1. The molecule has 3 rings (SSSR count). The van der Waals surface area contributed by atoms with Crippen LogP contribution in [-0.2, 0) is 4.74 Å². The van der Waals surface area contributed by atoms with Gasteiger partial charge in [-0.05, 0) is 44.5 Å². The predicted molar refractivity (Wildman–Crippen MR) is 102 cm³/mol. The summed E-state index contributed by atoms with van der Waals surface area (Å²) < 4.78 is 5.13. The lowest BCUT2D eigenvalue weighted by Crippen LogP contribution is -2.15. The fourth-order valence-electron chi connectivity index (χ4n) is 2.60. The van der Waals surface area contributed by atoms with Crippen LogP contribution in [0.3, 0.4) is 0 Å². The largest absolute Gasteiger partial charge is 0.462 e. The first-order valence-electron chi connectivity index (χ1n) is 7.91. The van der Waals surface area contributed by atoms with E-state index in [1.807, 2.05) is 19.9 Å². The number of aromatic nitrogens is 2. The molecule has 8 heteroatoms. The van der Waals surface area contributed by atoms with Crippen LogP contribution in [0.15, 0.2) is 24.4 Å². The first-order chi connectivity index (χ1) is 12.4. The Morgan fingerprint density at radius 1 is 1.31 bits per heavy atom. The van der Waals surface area contributed by atoms with Gasteiger partial charge in [0.2, 0.25) is 0 Å². The third-order valence-corrected chi connectivity index (χ3v) is 4.96. The molecule has 0 unspecified atom stereocenters. The Morgan fingerprint density at radius 3 is 2.73 bits per heavy atom. The highest BCUT2D eigenvalue weighted by atomic mass is 35.5. The lowest BCUT2D eigenvalue weighted by Gasteiger charge is -2.08. The Bertz CT molecular complexity index is 999. The molecule has 0 spiro atoms. The average molecular weight is 390 g/mol. The number of nitrogens with zero attached hydrogens (tertiary/aromatic N) is 2. The van der Waals surface area contributed by atoms with Gasteiger partial charge in [0, 0.05) is 17.3 Å². The van der Waals surface area contributed by atoms with E-state index >= 15 is 0 Å². The number of aryl methyl sites for hydroxylation is 2. The fraction of sp³-hybridized carbons (Fsp3) is 0.222. The maximum absolute atomic E-state index is 12.6. The van der Waals surface area contributed by atoms with Crippen molar-refractivity contribution < 1.29 is 14.3 Å². The normalized spacial score (nSPS) is 10.8. The second-order valence-electron chi connectivity index (χ2n) is 5.61. The minimum absolute atomic E-state index is 0.243. The molecule has 3 aromatic heterocycles. The Labute approximate surface area is 159 Å². The van der Waals surface area contributed by atoms with Crippen LogP contribution in [0, 0.1) is 13.8 Å². The van der Waals surface area contributed by atoms with Gasteiger partial charge in [0.25, 0.3) is 5.91 Å². The number of hydrogen-bond donors (Lipinski definition) is 1. The molecule has 0 aliphatic rings. The second kappa shape index (κ2) is 7.39. The summed E-state index contributed by atoms with van der Waals surface area (Å²) in [5.74, 6) is -0.878. The van der Waals surface area contributed by atoms with Crippen molar-refractivity contribution in [1.82, 2.24) is 9.97 Å². The van der Waals surface area contributed by atoms with Gasteiger partial charge in [-0.3, -0.25) is 4.79 Å². The molecule has 0 aromatic carbocycles.